The van der Waals surface area contributed by atoms with Crippen molar-refractivity contribution in [3.05, 3.63) is 0 Å². The van der Waals surface area contributed by atoms with Crippen molar-refractivity contribution in [1.82, 2.24) is 0 Å². The van der Waals surface area contributed by atoms with Gasteiger partial charge >= 0.3 is 0 Å². The Hall–Kier alpha value is 0.210. The molecule has 0 saturated heterocycles. The summed E-state index contributed by atoms with van der Waals surface area (Å²) in [5, 5.41) is 0. The van der Waals surface area contributed by atoms with Gasteiger partial charge in [0.05, 0.1) is 0 Å². The molecule has 0 radical (unpaired) electrons. The fourth-order valence-corrected chi connectivity index (χ4v) is 1.95. The molecule has 3 heteroatoms. The second kappa shape index (κ2) is 4.45. The zero-order valence-electron chi connectivity index (χ0n) is 7.23. The van der Waals surface area contributed by atoms with Gasteiger partial charge in [0.2, 0.25) is 5.92 Å². The molecule has 0 aromatic rings. The smallest absolute Gasteiger partial charge is 0.207 e. The highest BCUT2D eigenvalue weighted by Crippen LogP contribution is 2.37. The van der Waals surface area contributed by atoms with Crippen LogP contribution in [-0.4, -0.2) is 11.7 Å². The van der Waals surface area contributed by atoms with E-state index in [0.29, 0.717) is 18.8 Å². The average Bonchev–Trinajstić information content (AvgIpc) is 2.03. The minimum atomic E-state index is -2.36. The SMILES string of the molecule is FC1(F)CCC(CCCS)CC1. The lowest BCUT2D eigenvalue weighted by molar-refractivity contribution is -0.0465. The number of halogens is 2. The summed E-state index contributed by atoms with van der Waals surface area (Å²) in [5.74, 6) is -0.943. The highest BCUT2D eigenvalue weighted by Gasteiger charge is 2.34. The fourth-order valence-electron chi connectivity index (χ4n) is 1.77. The average molecular weight is 194 g/mol. The molecule has 0 amide bonds. The Morgan fingerprint density at radius 3 is 2.33 bits per heavy atom. The van der Waals surface area contributed by atoms with Gasteiger partial charge in [-0.15, -0.1) is 0 Å². The predicted molar refractivity (Wildman–Crippen MR) is 50.0 cm³/mol. The molecule has 0 nitrogen and oxygen atoms in total. The van der Waals surface area contributed by atoms with E-state index in [0.717, 1.165) is 18.6 Å². The van der Waals surface area contributed by atoms with Crippen molar-refractivity contribution < 1.29 is 8.78 Å². The maximum atomic E-state index is 12.7. The van der Waals surface area contributed by atoms with Gasteiger partial charge in [0.25, 0.3) is 0 Å². The molecule has 0 aromatic carbocycles. The van der Waals surface area contributed by atoms with E-state index < -0.39 is 5.92 Å². The molecule has 0 unspecified atom stereocenters. The summed E-state index contributed by atoms with van der Waals surface area (Å²) >= 11 is 4.11. The lowest BCUT2D eigenvalue weighted by Gasteiger charge is -2.27. The number of alkyl halides is 2. The lowest BCUT2D eigenvalue weighted by atomic mass is 9.84. The molecule has 0 aromatic heterocycles. The van der Waals surface area contributed by atoms with Crippen LogP contribution in [0, 0.1) is 5.92 Å². The van der Waals surface area contributed by atoms with Crippen LogP contribution in [0.2, 0.25) is 0 Å². The molecule has 1 aliphatic carbocycles. The quantitative estimate of drug-likeness (QED) is 0.653. The van der Waals surface area contributed by atoms with Gasteiger partial charge in [-0.2, -0.15) is 12.6 Å². The topological polar surface area (TPSA) is 0 Å². The van der Waals surface area contributed by atoms with Crippen LogP contribution < -0.4 is 0 Å². The maximum absolute atomic E-state index is 12.7. The van der Waals surface area contributed by atoms with Crippen molar-refractivity contribution in [2.45, 2.75) is 44.4 Å². The number of hydrogen-bond donors (Lipinski definition) is 1. The number of rotatable bonds is 3. The van der Waals surface area contributed by atoms with Crippen molar-refractivity contribution in [2.75, 3.05) is 5.75 Å². The Morgan fingerprint density at radius 2 is 1.83 bits per heavy atom. The van der Waals surface area contributed by atoms with Crippen LogP contribution in [0.3, 0.4) is 0 Å². The molecule has 0 heterocycles. The van der Waals surface area contributed by atoms with E-state index in [4.69, 9.17) is 0 Å². The zero-order chi connectivity index (χ0) is 9.03. The van der Waals surface area contributed by atoms with Crippen LogP contribution in [0.4, 0.5) is 8.78 Å². The van der Waals surface area contributed by atoms with Crippen LogP contribution in [0.1, 0.15) is 38.5 Å². The molecule has 0 spiro atoms. The molecule has 0 aliphatic heterocycles. The summed E-state index contributed by atoms with van der Waals surface area (Å²) in [5.41, 5.74) is 0. The second-order valence-corrected chi connectivity index (χ2v) is 4.11. The molecule has 12 heavy (non-hydrogen) atoms. The summed E-state index contributed by atoms with van der Waals surface area (Å²) in [4.78, 5) is 0. The first kappa shape index (κ1) is 10.3. The summed E-state index contributed by atoms with van der Waals surface area (Å²) in [6.07, 6.45) is 3.77. The molecule has 72 valence electrons. The third-order valence-corrected chi connectivity index (χ3v) is 2.92. The van der Waals surface area contributed by atoms with Gasteiger partial charge in [-0.3, -0.25) is 0 Å². The van der Waals surface area contributed by atoms with Gasteiger partial charge in [-0.1, -0.05) is 0 Å². The summed E-state index contributed by atoms with van der Waals surface area (Å²) in [6, 6.07) is 0. The van der Waals surface area contributed by atoms with E-state index in [1.165, 1.54) is 0 Å². The van der Waals surface area contributed by atoms with Crippen LogP contribution >= 0.6 is 12.6 Å². The van der Waals surface area contributed by atoms with Crippen LogP contribution in [0.5, 0.6) is 0 Å². The zero-order valence-corrected chi connectivity index (χ0v) is 8.12. The Balaban J connectivity index is 2.18. The van der Waals surface area contributed by atoms with Crippen LogP contribution in [0.15, 0.2) is 0 Å². The first-order chi connectivity index (χ1) is 5.64. The largest absolute Gasteiger partial charge is 0.248 e. The molecule has 1 aliphatic rings. The van der Waals surface area contributed by atoms with Gasteiger partial charge in [0.1, 0.15) is 0 Å². The van der Waals surface area contributed by atoms with Crippen LogP contribution in [0.25, 0.3) is 0 Å². The summed E-state index contributed by atoms with van der Waals surface area (Å²) in [7, 11) is 0. The van der Waals surface area contributed by atoms with E-state index in [1.54, 1.807) is 0 Å². The van der Waals surface area contributed by atoms with E-state index >= 15 is 0 Å². The molecule has 0 N–H and O–H groups in total. The lowest BCUT2D eigenvalue weighted by Crippen LogP contribution is -2.24. The number of thiol groups is 1. The summed E-state index contributed by atoms with van der Waals surface area (Å²) < 4.78 is 25.4. The molecule has 1 fully saturated rings. The Morgan fingerprint density at radius 1 is 1.25 bits per heavy atom. The maximum Gasteiger partial charge on any atom is 0.248 e. The van der Waals surface area contributed by atoms with Crippen molar-refractivity contribution in [1.29, 1.82) is 0 Å². The first-order valence-electron chi connectivity index (χ1n) is 4.63. The molecule has 0 atom stereocenters. The van der Waals surface area contributed by atoms with Crippen LogP contribution in [-0.2, 0) is 0 Å². The van der Waals surface area contributed by atoms with E-state index in [1.807, 2.05) is 0 Å². The Kier molecular flexibility index (Phi) is 3.81. The van der Waals surface area contributed by atoms with Crippen molar-refractivity contribution in [2.24, 2.45) is 5.92 Å². The standard InChI is InChI=1S/C9H16F2S/c10-9(11)5-3-8(4-6-9)2-1-7-12/h8,12H,1-7H2. The summed E-state index contributed by atoms with van der Waals surface area (Å²) in [6.45, 7) is 0. The molecule has 1 rings (SSSR count). The van der Waals surface area contributed by atoms with Crippen molar-refractivity contribution >= 4 is 12.6 Å². The minimum absolute atomic E-state index is 0.101. The van der Waals surface area contributed by atoms with Crippen molar-refractivity contribution in [3.8, 4) is 0 Å². The monoisotopic (exact) mass is 194 g/mol. The molecule has 1 saturated carbocycles. The Bertz CT molecular complexity index is 126. The van der Waals surface area contributed by atoms with Gasteiger partial charge < -0.3 is 0 Å². The van der Waals surface area contributed by atoms with E-state index in [2.05, 4.69) is 12.6 Å². The normalized spacial score (nSPS) is 24.2. The number of hydrogen-bond acceptors (Lipinski definition) is 1. The second-order valence-electron chi connectivity index (χ2n) is 3.67. The van der Waals surface area contributed by atoms with Crippen molar-refractivity contribution in [3.63, 3.8) is 0 Å². The highest BCUT2D eigenvalue weighted by molar-refractivity contribution is 7.80. The van der Waals surface area contributed by atoms with E-state index in [9.17, 15) is 8.78 Å². The first-order valence-corrected chi connectivity index (χ1v) is 5.26. The minimum Gasteiger partial charge on any atom is -0.207 e. The van der Waals surface area contributed by atoms with E-state index in [-0.39, 0.29) is 12.8 Å². The predicted octanol–water partition coefficient (Wildman–Crippen LogP) is 3.52. The molecule has 0 bridgehead atoms. The van der Waals surface area contributed by atoms with Gasteiger partial charge in [0.15, 0.2) is 0 Å². The highest BCUT2D eigenvalue weighted by atomic mass is 32.1. The molecular weight excluding hydrogens is 178 g/mol. The fraction of sp³-hybridized carbons (Fsp3) is 1.00. The van der Waals surface area contributed by atoms with Gasteiger partial charge in [-0.25, -0.2) is 8.78 Å². The van der Waals surface area contributed by atoms with Gasteiger partial charge in [-0.05, 0) is 37.4 Å². The van der Waals surface area contributed by atoms with Gasteiger partial charge in [0, 0.05) is 12.8 Å². The third kappa shape index (κ3) is 3.30. The molecular formula is C9H16F2S. The third-order valence-electron chi connectivity index (χ3n) is 2.61. The Labute approximate surface area is 78.1 Å².